The van der Waals surface area contributed by atoms with Crippen molar-refractivity contribution in [2.24, 2.45) is 0 Å². The molecule has 1 fully saturated rings. The number of nitrogens with one attached hydrogen (secondary N) is 1. The van der Waals surface area contributed by atoms with Crippen LogP contribution in [0.1, 0.15) is 12.0 Å². The van der Waals surface area contributed by atoms with Crippen molar-refractivity contribution in [2.45, 2.75) is 12.8 Å². The topological polar surface area (TPSA) is 48.6 Å². The number of benzene rings is 2. The zero-order chi connectivity index (χ0) is 20.1. The maximum absolute atomic E-state index is 12.6. The smallest absolute Gasteiger partial charge is 0.222 e. The molecule has 29 heavy (non-hydrogen) atoms. The molecular formula is C23H26ClN3O2. The Hall–Kier alpha value is -2.50. The molecule has 0 bridgehead atoms. The molecule has 0 saturated carbocycles. The van der Waals surface area contributed by atoms with Crippen molar-refractivity contribution >= 4 is 28.4 Å². The first kappa shape index (κ1) is 19.8. The number of rotatable bonds is 7. The fraction of sp³-hybridized carbons (Fsp3) is 0.348. The summed E-state index contributed by atoms with van der Waals surface area (Å²) >= 11 is 5.89. The molecule has 1 amide bonds. The van der Waals surface area contributed by atoms with E-state index < -0.39 is 0 Å². The van der Waals surface area contributed by atoms with E-state index in [-0.39, 0.29) is 5.91 Å². The van der Waals surface area contributed by atoms with Crippen LogP contribution >= 0.6 is 11.6 Å². The van der Waals surface area contributed by atoms with Crippen LogP contribution < -0.4 is 4.74 Å². The molecule has 6 heteroatoms. The second-order valence-corrected chi connectivity index (χ2v) is 7.82. The van der Waals surface area contributed by atoms with Crippen LogP contribution in [0, 0.1) is 0 Å². The summed E-state index contributed by atoms with van der Waals surface area (Å²) in [6.45, 7) is 4.85. The maximum Gasteiger partial charge on any atom is 0.222 e. The summed E-state index contributed by atoms with van der Waals surface area (Å²) in [4.78, 5) is 20.2. The third-order valence-electron chi connectivity index (χ3n) is 5.50. The van der Waals surface area contributed by atoms with Gasteiger partial charge in [0, 0.05) is 61.3 Å². The zero-order valence-corrected chi connectivity index (χ0v) is 17.2. The number of carbonyl (C=O) groups excluding carboxylic acids is 1. The highest BCUT2D eigenvalue weighted by molar-refractivity contribution is 6.30. The first-order valence-corrected chi connectivity index (χ1v) is 10.5. The van der Waals surface area contributed by atoms with Gasteiger partial charge in [0.25, 0.3) is 0 Å². The largest absolute Gasteiger partial charge is 0.492 e. The monoisotopic (exact) mass is 411 g/mol. The minimum absolute atomic E-state index is 0.243. The Kier molecular flexibility index (Phi) is 6.37. The third-order valence-corrected chi connectivity index (χ3v) is 5.75. The highest BCUT2D eigenvalue weighted by Gasteiger charge is 2.21. The predicted octanol–water partition coefficient (Wildman–Crippen LogP) is 3.98. The molecule has 1 aliphatic heterocycles. The van der Waals surface area contributed by atoms with Gasteiger partial charge in [-0.3, -0.25) is 9.69 Å². The lowest BCUT2D eigenvalue weighted by molar-refractivity contribution is -0.132. The number of piperazine rings is 1. The van der Waals surface area contributed by atoms with Gasteiger partial charge in [-0.05, 0) is 42.3 Å². The molecule has 1 saturated heterocycles. The first-order chi connectivity index (χ1) is 14.2. The van der Waals surface area contributed by atoms with Crippen LogP contribution in [0.4, 0.5) is 0 Å². The minimum Gasteiger partial charge on any atom is -0.492 e. The SMILES string of the molecule is O=C(CCc1c[nH]c2ccccc12)N1CCN(CCOc2ccc(Cl)cc2)CC1. The molecule has 4 rings (SSSR count). The van der Waals surface area contributed by atoms with Crippen molar-refractivity contribution in [2.75, 3.05) is 39.3 Å². The highest BCUT2D eigenvalue weighted by Crippen LogP contribution is 2.19. The van der Waals surface area contributed by atoms with E-state index in [1.165, 1.54) is 10.9 Å². The summed E-state index contributed by atoms with van der Waals surface area (Å²) < 4.78 is 5.77. The van der Waals surface area contributed by atoms with Crippen LogP contribution in [-0.4, -0.2) is 60.0 Å². The molecule has 3 aromatic rings. The van der Waals surface area contributed by atoms with Crippen LogP contribution in [-0.2, 0) is 11.2 Å². The Balaban J connectivity index is 1.18. The Morgan fingerprint density at radius 1 is 1.03 bits per heavy atom. The molecule has 152 valence electrons. The number of hydrogen-bond acceptors (Lipinski definition) is 3. The number of H-pyrrole nitrogens is 1. The first-order valence-electron chi connectivity index (χ1n) is 10.1. The van der Waals surface area contributed by atoms with Crippen LogP contribution in [0.25, 0.3) is 10.9 Å². The van der Waals surface area contributed by atoms with Crippen LogP contribution in [0.5, 0.6) is 5.75 Å². The molecule has 0 atom stereocenters. The Labute approximate surface area is 176 Å². The number of hydrogen-bond donors (Lipinski definition) is 1. The molecule has 0 radical (unpaired) electrons. The van der Waals surface area contributed by atoms with Crippen molar-refractivity contribution in [3.05, 3.63) is 65.3 Å². The lowest BCUT2D eigenvalue weighted by atomic mass is 10.1. The number of aromatic amines is 1. The molecular weight excluding hydrogens is 386 g/mol. The zero-order valence-electron chi connectivity index (χ0n) is 16.4. The summed E-state index contributed by atoms with van der Waals surface area (Å²) in [5.74, 6) is 1.08. The minimum atomic E-state index is 0.243. The number of para-hydroxylation sites is 1. The Morgan fingerprint density at radius 2 is 1.79 bits per heavy atom. The van der Waals surface area contributed by atoms with E-state index in [1.54, 1.807) is 0 Å². The number of fused-ring (bicyclic) bond motifs is 1. The van der Waals surface area contributed by atoms with Gasteiger partial charge in [-0.15, -0.1) is 0 Å². The van der Waals surface area contributed by atoms with E-state index in [4.69, 9.17) is 16.3 Å². The average molecular weight is 412 g/mol. The van der Waals surface area contributed by atoms with Crippen molar-refractivity contribution < 1.29 is 9.53 Å². The van der Waals surface area contributed by atoms with Gasteiger partial charge in [-0.2, -0.15) is 0 Å². The lowest BCUT2D eigenvalue weighted by Crippen LogP contribution is -2.49. The summed E-state index contributed by atoms with van der Waals surface area (Å²) in [6.07, 6.45) is 3.36. The number of halogens is 1. The normalized spacial score (nSPS) is 15.0. The van der Waals surface area contributed by atoms with Gasteiger partial charge in [0.15, 0.2) is 0 Å². The molecule has 2 heterocycles. The number of ether oxygens (including phenoxy) is 1. The van der Waals surface area contributed by atoms with E-state index in [0.29, 0.717) is 18.1 Å². The molecule has 0 aliphatic carbocycles. The maximum atomic E-state index is 12.6. The number of amides is 1. The Morgan fingerprint density at radius 3 is 2.59 bits per heavy atom. The standard InChI is InChI=1S/C23H26ClN3O2/c24-19-6-8-20(9-7-19)29-16-15-26-11-13-27(14-12-26)23(28)10-5-18-17-25-22-4-2-1-3-21(18)22/h1-4,6-9,17,25H,5,10-16H2. The number of carbonyl (C=O) groups is 1. The van der Waals surface area contributed by atoms with Crippen LogP contribution in [0.15, 0.2) is 54.7 Å². The van der Waals surface area contributed by atoms with Gasteiger partial charge in [0.1, 0.15) is 12.4 Å². The number of nitrogens with zero attached hydrogens (tertiary/aromatic N) is 2. The van der Waals surface area contributed by atoms with Gasteiger partial charge in [-0.25, -0.2) is 0 Å². The van der Waals surface area contributed by atoms with Crippen molar-refractivity contribution in [3.8, 4) is 5.75 Å². The van der Waals surface area contributed by atoms with Gasteiger partial charge in [0.2, 0.25) is 5.91 Å². The number of aryl methyl sites for hydroxylation is 1. The second kappa shape index (κ2) is 9.33. The van der Waals surface area contributed by atoms with E-state index >= 15 is 0 Å². The third kappa shape index (κ3) is 5.11. The lowest BCUT2D eigenvalue weighted by Gasteiger charge is -2.34. The van der Waals surface area contributed by atoms with E-state index in [9.17, 15) is 4.79 Å². The van der Waals surface area contributed by atoms with Gasteiger partial charge in [0.05, 0.1) is 0 Å². The van der Waals surface area contributed by atoms with Crippen molar-refractivity contribution in [3.63, 3.8) is 0 Å². The average Bonchev–Trinajstić information content (AvgIpc) is 3.17. The number of aromatic nitrogens is 1. The molecule has 1 aliphatic rings. The summed E-state index contributed by atoms with van der Waals surface area (Å²) in [7, 11) is 0. The van der Waals surface area contributed by atoms with E-state index in [2.05, 4.69) is 22.0 Å². The quantitative estimate of drug-likeness (QED) is 0.639. The molecule has 1 aromatic heterocycles. The molecule has 1 N–H and O–H groups in total. The van der Waals surface area contributed by atoms with E-state index in [1.807, 2.05) is 47.5 Å². The fourth-order valence-corrected chi connectivity index (χ4v) is 3.91. The van der Waals surface area contributed by atoms with Crippen LogP contribution in [0.2, 0.25) is 5.02 Å². The van der Waals surface area contributed by atoms with Gasteiger partial charge in [-0.1, -0.05) is 29.8 Å². The molecule has 5 nitrogen and oxygen atoms in total. The van der Waals surface area contributed by atoms with Gasteiger partial charge >= 0.3 is 0 Å². The molecule has 2 aromatic carbocycles. The summed E-state index contributed by atoms with van der Waals surface area (Å²) in [6, 6.07) is 15.7. The fourth-order valence-electron chi connectivity index (χ4n) is 3.78. The second-order valence-electron chi connectivity index (χ2n) is 7.38. The highest BCUT2D eigenvalue weighted by atomic mass is 35.5. The predicted molar refractivity (Wildman–Crippen MR) is 117 cm³/mol. The molecule has 0 unspecified atom stereocenters. The Bertz CT molecular complexity index is 946. The van der Waals surface area contributed by atoms with Crippen molar-refractivity contribution in [1.29, 1.82) is 0 Å². The summed E-state index contributed by atoms with van der Waals surface area (Å²) in [5, 5.41) is 1.92. The van der Waals surface area contributed by atoms with E-state index in [0.717, 1.165) is 50.4 Å². The van der Waals surface area contributed by atoms with Crippen molar-refractivity contribution in [1.82, 2.24) is 14.8 Å². The van der Waals surface area contributed by atoms with Crippen LogP contribution in [0.3, 0.4) is 0 Å². The summed E-state index contributed by atoms with van der Waals surface area (Å²) in [5.41, 5.74) is 2.34. The van der Waals surface area contributed by atoms with Gasteiger partial charge < -0.3 is 14.6 Å². The molecule has 0 spiro atoms.